The molecule has 0 saturated heterocycles. The first-order chi connectivity index (χ1) is 11.2. The number of pyridine rings is 2. The van der Waals surface area contributed by atoms with Gasteiger partial charge in [-0.1, -0.05) is 24.3 Å². The van der Waals surface area contributed by atoms with E-state index in [1.807, 2.05) is 35.7 Å². The van der Waals surface area contributed by atoms with Crippen molar-refractivity contribution in [3.05, 3.63) is 74.6 Å². The molecule has 0 bridgehead atoms. The Labute approximate surface area is 134 Å². The summed E-state index contributed by atoms with van der Waals surface area (Å²) >= 11 is 1.39. The van der Waals surface area contributed by atoms with Crippen LogP contribution in [0.3, 0.4) is 0 Å². The molecule has 0 fully saturated rings. The van der Waals surface area contributed by atoms with Gasteiger partial charge in [0.2, 0.25) is 5.56 Å². The highest BCUT2D eigenvalue weighted by atomic mass is 32.1. The molecule has 3 heterocycles. The number of hydrogen-bond acceptors (Lipinski definition) is 4. The van der Waals surface area contributed by atoms with Crippen LogP contribution in [0.1, 0.15) is 0 Å². The minimum Gasteiger partial charge on any atom is -0.321 e. The molecule has 4 rings (SSSR count). The van der Waals surface area contributed by atoms with Gasteiger partial charge in [0.25, 0.3) is 5.56 Å². The summed E-state index contributed by atoms with van der Waals surface area (Å²) in [5, 5.41) is 3.44. The number of fused-ring (bicyclic) bond motifs is 1. The highest BCUT2D eigenvalue weighted by molar-refractivity contribution is 7.13. The van der Waals surface area contributed by atoms with E-state index >= 15 is 0 Å². The number of para-hydroxylation sites is 1. The van der Waals surface area contributed by atoms with Gasteiger partial charge in [-0.25, -0.2) is 4.98 Å². The second-order valence-electron chi connectivity index (χ2n) is 5.07. The zero-order chi connectivity index (χ0) is 15.8. The molecule has 0 aliphatic heterocycles. The van der Waals surface area contributed by atoms with Crippen molar-refractivity contribution in [2.24, 2.45) is 0 Å². The monoisotopic (exact) mass is 321 g/mol. The van der Waals surface area contributed by atoms with Crippen LogP contribution in [-0.4, -0.2) is 15.0 Å². The van der Waals surface area contributed by atoms with Crippen LogP contribution < -0.4 is 11.1 Å². The molecule has 112 valence electrons. The summed E-state index contributed by atoms with van der Waals surface area (Å²) in [4.78, 5) is 33.8. The highest BCUT2D eigenvalue weighted by Crippen LogP contribution is 2.26. The average Bonchev–Trinajstić information content (AvgIpc) is 3.04. The van der Waals surface area contributed by atoms with Crippen LogP contribution in [-0.2, 0) is 0 Å². The van der Waals surface area contributed by atoms with E-state index < -0.39 is 0 Å². The van der Waals surface area contributed by atoms with Crippen molar-refractivity contribution in [1.29, 1.82) is 0 Å². The van der Waals surface area contributed by atoms with Crippen LogP contribution in [0.5, 0.6) is 0 Å². The lowest BCUT2D eigenvalue weighted by molar-refractivity contribution is 1.22. The van der Waals surface area contributed by atoms with Gasteiger partial charge in [-0.15, -0.1) is 11.3 Å². The molecule has 5 nitrogen and oxygen atoms in total. The fourth-order valence-electron chi connectivity index (χ4n) is 2.43. The van der Waals surface area contributed by atoms with Crippen molar-refractivity contribution in [2.75, 3.05) is 0 Å². The molecule has 0 unspecified atom stereocenters. The molecular weight excluding hydrogens is 310 g/mol. The molecule has 4 aromatic rings. The lowest BCUT2D eigenvalue weighted by Crippen LogP contribution is -2.08. The minimum absolute atomic E-state index is 0.178. The third-order valence-corrected chi connectivity index (χ3v) is 4.41. The Morgan fingerprint density at radius 3 is 2.70 bits per heavy atom. The molecule has 1 aromatic carbocycles. The maximum Gasteiger partial charge on any atom is 0.257 e. The van der Waals surface area contributed by atoms with Crippen molar-refractivity contribution < 1.29 is 0 Å². The van der Waals surface area contributed by atoms with Crippen LogP contribution in [0.15, 0.2) is 63.5 Å². The zero-order valence-electron chi connectivity index (χ0n) is 11.9. The van der Waals surface area contributed by atoms with E-state index in [0.717, 1.165) is 10.9 Å². The van der Waals surface area contributed by atoms with E-state index in [0.29, 0.717) is 22.0 Å². The molecule has 6 heteroatoms. The Morgan fingerprint density at radius 2 is 1.83 bits per heavy atom. The van der Waals surface area contributed by atoms with Crippen LogP contribution in [0, 0.1) is 0 Å². The van der Waals surface area contributed by atoms with Crippen molar-refractivity contribution in [3.8, 4) is 22.0 Å². The van der Waals surface area contributed by atoms with Crippen molar-refractivity contribution in [3.63, 3.8) is 0 Å². The maximum atomic E-state index is 12.3. The second kappa shape index (κ2) is 5.33. The van der Waals surface area contributed by atoms with E-state index in [9.17, 15) is 9.59 Å². The Bertz CT molecular complexity index is 1120. The Balaban J connectivity index is 1.84. The van der Waals surface area contributed by atoms with Crippen molar-refractivity contribution in [2.45, 2.75) is 0 Å². The van der Waals surface area contributed by atoms with Crippen molar-refractivity contribution in [1.82, 2.24) is 15.0 Å². The van der Waals surface area contributed by atoms with Gasteiger partial charge in [0.15, 0.2) is 0 Å². The van der Waals surface area contributed by atoms with Gasteiger partial charge >= 0.3 is 0 Å². The highest BCUT2D eigenvalue weighted by Gasteiger charge is 2.11. The average molecular weight is 321 g/mol. The van der Waals surface area contributed by atoms with Crippen LogP contribution in [0.2, 0.25) is 0 Å². The maximum absolute atomic E-state index is 12.3. The minimum atomic E-state index is -0.179. The smallest absolute Gasteiger partial charge is 0.257 e. The number of H-pyrrole nitrogens is 2. The Hall–Kier alpha value is -2.99. The summed E-state index contributed by atoms with van der Waals surface area (Å²) in [6.07, 6.45) is 0. The summed E-state index contributed by atoms with van der Waals surface area (Å²) in [6, 6.07) is 14.4. The summed E-state index contributed by atoms with van der Waals surface area (Å²) < 4.78 is 0. The van der Waals surface area contributed by atoms with Crippen molar-refractivity contribution >= 4 is 22.2 Å². The topological polar surface area (TPSA) is 78.6 Å². The molecule has 0 amide bonds. The molecule has 0 radical (unpaired) electrons. The fraction of sp³-hybridized carbons (Fsp3) is 0. The molecule has 23 heavy (non-hydrogen) atoms. The zero-order valence-corrected chi connectivity index (χ0v) is 12.7. The first kappa shape index (κ1) is 13.7. The summed E-state index contributed by atoms with van der Waals surface area (Å²) in [5.41, 5.74) is 2.20. The quantitative estimate of drug-likeness (QED) is 0.596. The number of rotatable bonds is 2. The van der Waals surface area contributed by atoms with E-state index in [1.54, 1.807) is 12.1 Å². The number of nitrogens with one attached hydrogen (secondary N) is 2. The molecule has 2 N–H and O–H groups in total. The first-order valence-electron chi connectivity index (χ1n) is 6.98. The largest absolute Gasteiger partial charge is 0.321 e. The van der Waals surface area contributed by atoms with Crippen LogP contribution in [0.4, 0.5) is 0 Å². The Kier molecular flexibility index (Phi) is 3.17. The third-order valence-electron chi connectivity index (χ3n) is 3.53. The second-order valence-corrected chi connectivity index (χ2v) is 5.92. The lowest BCUT2D eigenvalue weighted by Gasteiger charge is -2.00. The van der Waals surface area contributed by atoms with Crippen LogP contribution >= 0.6 is 11.3 Å². The lowest BCUT2D eigenvalue weighted by atomic mass is 10.1. The summed E-state index contributed by atoms with van der Waals surface area (Å²) in [6.45, 7) is 0. The van der Waals surface area contributed by atoms with Gasteiger partial charge in [0, 0.05) is 17.0 Å². The molecule has 0 spiro atoms. The fourth-order valence-corrected chi connectivity index (χ4v) is 3.23. The number of thiazole rings is 1. The predicted octanol–water partition coefficient (Wildman–Crippen LogP) is 3.01. The number of aromatic amines is 2. The molecule has 3 aromatic heterocycles. The number of benzene rings is 1. The van der Waals surface area contributed by atoms with Crippen LogP contribution in [0.25, 0.3) is 32.9 Å². The molecule has 0 saturated carbocycles. The van der Waals surface area contributed by atoms with Gasteiger partial charge in [-0.2, -0.15) is 0 Å². The van der Waals surface area contributed by atoms with E-state index in [2.05, 4.69) is 15.0 Å². The number of aromatic nitrogens is 3. The summed E-state index contributed by atoms with van der Waals surface area (Å²) in [5.74, 6) is 0. The summed E-state index contributed by atoms with van der Waals surface area (Å²) in [7, 11) is 0. The van der Waals surface area contributed by atoms with Gasteiger partial charge < -0.3 is 9.97 Å². The molecular formula is C17H11N3O2S. The third kappa shape index (κ3) is 2.49. The molecule has 0 aliphatic carbocycles. The first-order valence-corrected chi connectivity index (χ1v) is 7.86. The van der Waals surface area contributed by atoms with Gasteiger partial charge in [0.1, 0.15) is 5.01 Å². The molecule has 0 atom stereocenters. The van der Waals surface area contributed by atoms with E-state index in [4.69, 9.17) is 0 Å². The number of nitrogens with zero attached hydrogens (tertiary/aromatic N) is 1. The van der Waals surface area contributed by atoms with Gasteiger partial charge in [-0.3, -0.25) is 9.59 Å². The number of hydrogen-bond donors (Lipinski definition) is 2. The predicted molar refractivity (Wildman–Crippen MR) is 91.7 cm³/mol. The standard InChI is InChI=1S/C17H11N3O2S/c21-15-7-3-6-13(18-15)17-20-14(9-23-17)11-8-10-4-1-2-5-12(10)19-16(11)22/h1-9H,(H,18,21)(H,19,22). The normalized spacial score (nSPS) is 11.0. The van der Waals surface area contributed by atoms with Gasteiger partial charge in [0.05, 0.1) is 17.0 Å². The SMILES string of the molecule is O=c1cccc(-c2nc(-c3cc4ccccc4[nH]c3=O)cs2)[nH]1. The van der Waals surface area contributed by atoms with E-state index in [-0.39, 0.29) is 11.1 Å². The molecule has 0 aliphatic rings. The van der Waals surface area contributed by atoms with E-state index in [1.165, 1.54) is 17.4 Å². The Morgan fingerprint density at radius 1 is 0.957 bits per heavy atom. The van der Waals surface area contributed by atoms with Gasteiger partial charge in [-0.05, 0) is 23.6 Å².